The summed E-state index contributed by atoms with van der Waals surface area (Å²) in [4.78, 5) is 0. The predicted octanol–water partition coefficient (Wildman–Crippen LogP) is 6.48. The van der Waals surface area contributed by atoms with Gasteiger partial charge in [0.2, 0.25) is 0 Å². The second-order valence-electron chi connectivity index (χ2n) is 6.84. The molecule has 0 aliphatic rings. The molecule has 0 unspecified atom stereocenters. The number of aliphatic hydroxyl groups excluding tert-OH is 1. The molecule has 0 aromatic carbocycles. The van der Waals surface area contributed by atoms with Gasteiger partial charge in [0.25, 0.3) is 0 Å². The Hall–Kier alpha value is -0.0400. The molecule has 1 nitrogen and oxygen atoms in total. The molecule has 0 aromatic rings. The Morgan fingerprint density at radius 3 is 1.30 bits per heavy atom. The Morgan fingerprint density at radius 1 is 0.600 bits per heavy atom. The van der Waals surface area contributed by atoms with Gasteiger partial charge in [0.05, 0.1) is 6.10 Å². The van der Waals surface area contributed by atoms with Crippen LogP contribution in [-0.4, -0.2) is 11.2 Å². The molecule has 0 bridgehead atoms. The van der Waals surface area contributed by atoms with Gasteiger partial charge in [0.1, 0.15) is 0 Å². The Morgan fingerprint density at radius 2 is 0.950 bits per heavy atom. The topological polar surface area (TPSA) is 20.2 Å². The van der Waals surface area contributed by atoms with Gasteiger partial charge in [-0.15, -0.1) is 0 Å². The van der Waals surface area contributed by atoms with E-state index < -0.39 is 0 Å². The van der Waals surface area contributed by atoms with Gasteiger partial charge >= 0.3 is 0 Å². The monoisotopic (exact) mass is 284 g/mol. The highest BCUT2D eigenvalue weighted by Gasteiger charge is 2.07. The van der Waals surface area contributed by atoms with Gasteiger partial charge < -0.3 is 5.11 Å². The molecule has 1 atom stereocenters. The first-order valence-electron chi connectivity index (χ1n) is 9.36. The van der Waals surface area contributed by atoms with Crippen molar-refractivity contribution < 1.29 is 5.11 Å². The van der Waals surface area contributed by atoms with E-state index in [1.807, 2.05) is 0 Å². The third-order valence-electron chi connectivity index (χ3n) is 4.37. The Bertz CT molecular complexity index is 177. The number of hydrogen-bond acceptors (Lipinski definition) is 1. The highest BCUT2D eigenvalue weighted by molar-refractivity contribution is 4.59. The van der Waals surface area contributed by atoms with E-state index in [2.05, 4.69) is 20.8 Å². The predicted molar refractivity (Wildman–Crippen MR) is 91.2 cm³/mol. The van der Waals surface area contributed by atoms with E-state index in [0.717, 1.165) is 6.42 Å². The molecule has 0 spiro atoms. The lowest BCUT2D eigenvalue weighted by molar-refractivity contribution is 0.113. The molecule has 0 aliphatic carbocycles. The summed E-state index contributed by atoms with van der Waals surface area (Å²) in [6.07, 6.45) is 19.1. The van der Waals surface area contributed by atoms with Crippen molar-refractivity contribution in [3.8, 4) is 0 Å². The van der Waals surface area contributed by atoms with Crippen LogP contribution < -0.4 is 0 Å². The summed E-state index contributed by atoms with van der Waals surface area (Å²) in [5.41, 5.74) is 0. The molecule has 1 heteroatoms. The molecule has 0 saturated heterocycles. The molecular weight excluding hydrogens is 244 g/mol. The highest BCUT2D eigenvalue weighted by Crippen LogP contribution is 2.14. The molecule has 0 amide bonds. The summed E-state index contributed by atoms with van der Waals surface area (Å²) in [6.45, 7) is 6.49. The average Bonchev–Trinajstić information content (AvgIpc) is 2.43. The van der Waals surface area contributed by atoms with Crippen molar-refractivity contribution in [2.45, 2.75) is 117 Å². The first-order valence-corrected chi connectivity index (χ1v) is 9.36. The lowest BCUT2D eigenvalue weighted by Crippen LogP contribution is -2.13. The van der Waals surface area contributed by atoms with Gasteiger partial charge in [0, 0.05) is 0 Å². The molecule has 122 valence electrons. The van der Waals surface area contributed by atoms with Crippen LogP contribution in [0.2, 0.25) is 0 Å². The molecule has 0 heterocycles. The van der Waals surface area contributed by atoms with Crippen LogP contribution in [0.1, 0.15) is 111 Å². The molecule has 1 N–H and O–H groups in total. The number of rotatable bonds is 15. The third-order valence-corrected chi connectivity index (χ3v) is 4.37. The van der Waals surface area contributed by atoms with E-state index in [1.165, 1.54) is 83.5 Å². The summed E-state index contributed by atoms with van der Waals surface area (Å²) >= 11 is 0. The van der Waals surface area contributed by atoms with Crippen molar-refractivity contribution in [2.24, 2.45) is 5.92 Å². The summed E-state index contributed by atoms with van der Waals surface area (Å²) in [5.74, 6) is 0.423. The minimum Gasteiger partial charge on any atom is -0.393 e. The number of unbranched alkanes of at least 4 members (excludes halogenated alkanes) is 12. The SMILES string of the molecule is CCCCCCCCCCCCCCC[C@@H](O)C(C)C. The highest BCUT2D eigenvalue weighted by atomic mass is 16.3. The fourth-order valence-corrected chi connectivity index (χ4v) is 2.70. The van der Waals surface area contributed by atoms with Crippen LogP contribution in [0.4, 0.5) is 0 Å². The minimum absolute atomic E-state index is 0.0808. The number of hydrogen-bond donors (Lipinski definition) is 1. The molecule has 0 rings (SSSR count). The largest absolute Gasteiger partial charge is 0.393 e. The maximum absolute atomic E-state index is 9.70. The van der Waals surface area contributed by atoms with Crippen LogP contribution >= 0.6 is 0 Å². The van der Waals surface area contributed by atoms with E-state index in [0.29, 0.717) is 5.92 Å². The fourth-order valence-electron chi connectivity index (χ4n) is 2.70. The molecule has 0 aromatic heterocycles. The van der Waals surface area contributed by atoms with Crippen LogP contribution in [0.3, 0.4) is 0 Å². The van der Waals surface area contributed by atoms with E-state index in [9.17, 15) is 5.11 Å². The first-order chi connectivity index (χ1) is 9.68. The van der Waals surface area contributed by atoms with Crippen LogP contribution in [0.25, 0.3) is 0 Å². The average molecular weight is 285 g/mol. The van der Waals surface area contributed by atoms with Crippen molar-refractivity contribution >= 4 is 0 Å². The molecule has 20 heavy (non-hydrogen) atoms. The summed E-state index contributed by atoms with van der Waals surface area (Å²) in [7, 11) is 0. The van der Waals surface area contributed by atoms with Gasteiger partial charge in [-0.05, 0) is 12.3 Å². The van der Waals surface area contributed by atoms with E-state index in [1.54, 1.807) is 0 Å². The lowest BCUT2D eigenvalue weighted by Gasteiger charge is -2.13. The van der Waals surface area contributed by atoms with Gasteiger partial charge in [0.15, 0.2) is 0 Å². The molecule has 0 saturated carbocycles. The van der Waals surface area contributed by atoms with Gasteiger partial charge in [-0.3, -0.25) is 0 Å². The summed E-state index contributed by atoms with van der Waals surface area (Å²) < 4.78 is 0. The van der Waals surface area contributed by atoms with E-state index in [4.69, 9.17) is 0 Å². The normalized spacial score (nSPS) is 13.1. The Labute approximate surface area is 128 Å². The zero-order chi connectivity index (χ0) is 15.1. The third kappa shape index (κ3) is 14.4. The molecule has 0 radical (unpaired) electrons. The van der Waals surface area contributed by atoms with Crippen LogP contribution in [0, 0.1) is 5.92 Å². The van der Waals surface area contributed by atoms with E-state index >= 15 is 0 Å². The fraction of sp³-hybridized carbons (Fsp3) is 1.00. The summed E-state index contributed by atoms with van der Waals surface area (Å²) in [5, 5.41) is 9.70. The van der Waals surface area contributed by atoms with Crippen molar-refractivity contribution in [3.63, 3.8) is 0 Å². The Balaban J connectivity index is 3.03. The zero-order valence-corrected chi connectivity index (χ0v) is 14.5. The van der Waals surface area contributed by atoms with Crippen LogP contribution in [-0.2, 0) is 0 Å². The van der Waals surface area contributed by atoms with Crippen LogP contribution in [0.15, 0.2) is 0 Å². The summed E-state index contributed by atoms with van der Waals surface area (Å²) in [6, 6.07) is 0. The van der Waals surface area contributed by atoms with Gasteiger partial charge in [-0.2, -0.15) is 0 Å². The van der Waals surface area contributed by atoms with Gasteiger partial charge in [-0.25, -0.2) is 0 Å². The van der Waals surface area contributed by atoms with Crippen molar-refractivity contribution in [1.29, 1.82) is 0 Å². The maximum Gasteiger partial charge on any atom is 0.0563 e. The van der Waals surface area contributed by atoms with Crippen LogP contribution in [0.5, 0.6) is 0 Å². The number of aliphatic hydroxyl groups is 1. The van der Waals surface area contributed by atoms with Gasteiger partial charge in [-0.1, -0.05) is 104 Å². The molecular formula is C19H40O. The molecule has 0 aliphatic heterocycles. The second-order valence-corrected chi connectivity index (χ2v) is 6.84. The standard InChI is InChI=1S/C19H40O/c1-4-5-6-7-8-9-10-11-12-13-14-15-16-17-19(20)18(2)3/h18-20H,4-17H2,1-3H3/t19-/m1/s1. The van der Waals surface area contributed by atoms with Crippen molar-refractivity contribution in [1.82, 2.24) is 0 Å². The maximum atomic E-state index is 9.70. The second kappa shape index (κ2) is 15.4. The first kappa shape index (κ1) is 20.0. The van der Waals surface area contributed by atoms with Crippen molar-refractivity contribution in [2.75, 3.05) is 0 Å². The smallest absolute Gasteiger partial charge is 0.0563 e. The van der Waals surface area contributed by atoms with Crippen molar-refractivity contribution in [3.05, 3.63) is 0 Å². The quantitative estimate of drug-likeness (QED) is 0.341. The molecule has 0 fully saturated rings. The lowest BCUT2D eigenvalue weighted by atomic mass is 10.00. The minimum atomic E-state index is -0.0808. The van der Waals surface area contributed by atoms with E-state index in [-0.39, 0.29) is 6.10 Å². The zero-order valence-electron chi connectivity index (χ0n) is 14.5. The Kier molecular flexibility index (Phi) is 15.3.